The van der Waals surface area contributed by atoms with Gasteiger partial charge in [-0.1, -0.05) is 314 Å². The highest BCUT2D eigenvalue weighted by molar-refractivity contribution is 8.05. The molecule has 2 heterocycles. The van der Waals surface area contributed by atoms with E-state index in [0.717, 1.165) is 95.1 Å². The van der Waals surface area contributed by atoms with Gasteiger partial charge in [0, 0.05) is 99.0 Å². The molecule has 0 unspecified atom stereocenters. The highest BCUT2D eigenvalue weighted by Crippen LogP contribution is 2.65. The van der Waals surface area contributed by atoms with Crippen LogP contribution in [0.5, 0.6) is 11.5 Å². The van der Waals surface area contributed by atoms with Crippen LogP contribution in [-0.2, 0) is 10.8 Å². The minimum atomic E-state index is -0.641. The molecule has 18 aromatic carbocycles. The zero-order chi connectivity index (χ0) is 78.4. The maximum absolute atomic E-state index is 6.91. The van der Waals surface area contributed by atoms with Crippen molar-refractivity contribution in [1.82, 2.24) is 0 Å². The van der Waals surface area contributed by atoms with Crippen LogP contribution in [0, 0.1) is 0 Å². The Morgan fingerprint density at radius 3 is 0.780 bits per heavy atom. The lowest BCUT2D eigenvalue weighted by Crippen LogP contribution is -2.29. The highest BCUT2D eigenvalue weighted by atomic mass is 32.2. The molecular formula is C110H76N4OS3. The van der Waals surface area contributed by atoms with Crippen LogP contribution in [0.2, 0.25) is 0 Å². The molecule has 0 amide bonds. The second-order valence-corrected chi connectivity index (χ2v) is 33.0. The van der Waals surface area contributed by atoms with Crippen LogP contribution >= 0.6 is 35.3 Å². The number of para-hydroxylation sites is 9. The summed E-state index contributed by atoms with van der Waals surface area (Å²) in [5, 5.41) is 0. The van der Waals surface area contributed by atoms with E-state index in [9.17, 15) is 0 Å². The zero-order valence-electron chi connectivity index (χ0n) is 64.3. The van der Waals surface area contributed by atoms with Crippen LogP contribution in [0.3, 0.4) is 0 Å². The fourth-order valence-corrected chi connectivity index (χ4v) is 21.5. The summed E-state index contributed by atoms with van der Waals surface area (Å²) in [6, 6.07) is 167. The topological polar surface area (TPSA) is 22.2 Å². The molecule has 8 heteroatoms. The average Bonchev–Trinajstić information content (AvgIpc) is 1.53. The van der Waals surface area contributed by atoms with Crippen molar-refractivity contribution in [3.63, 3.8) is 0 Å². The number of benzene rings is 18. The van der Waals surface area contributed by atoms with E-state index in [1.807, 2.05) is 23.5 Å². The Labute approximate surface area is 702 Å². The molecule has 0 spiro atoms. The van der Waals surface area contributed by atoms with Crippen molar-refractivity contribution in [3.05, 3.63) is 506 Å². The van der Waals surface area contributed by atoms with Crippen molar-refractivity contribution >= 4 is 104 Å². The lowest BCUT2D eigenvalue weighted by molar-refractivity contribution is 0.456. The van der Waals surface area contributed by atoms with E-state index < -0.39 is 10.8 Å². The summed E-state index contributed by atoms with van der Waals surface area (Å²) < 4.78 is 6.91. The molecule has 0 saturated heterocycles. The van der Waals surface area contributed by atoms with Crippen molar-refractivity contribution < 1.29 is 4.74 Å². The summed E-state index contributed by atoms with van der Waals surface area (Å²) in [6.07, 6.45) is 0. The van der Waals surface area contributed by atoms with Gasteiger partial charge in [0.25, 0.3) is 0 Å². The Bertz CT molecular complexity index is 5830. The quantitative estimate of drug-likeness (QED) is 0.0943. The molecule has 18 aromatic rings. The molecule has 118 heavy (non-hydrogen) atoms. The number of ether oxygens (including phenoxy) is 1. The first kappa shape index (κ1) is 71.8. The maximum atomic E-state index is 6.91. The minimum absolute atomic E-state index is 0.575. The van der Waals surface area contributed by atoms with Crippen molar-refractivity contribution in [3.8, 4) is 33.8 Å². The van der Waals surface area contributed by atoms with Crippen LogP contribution in [0.4, 0.5) is 68.2 Å². The third-order valence-electron chi connectivity index (χ3n) is 23.2. The molecule has 0 atom stereocenters. The Hall–Kier alpha value is -14.0. The van der Waals surface area contributed by atoms with Crippen LogP contribution in [0.1, 0.15) is 44.5 Å². The van der Waals surface area contributed by atoms with Crippen molar-refractivity contribution in [2.75, 3.05) is 19.6 Å². The van der Waals surface area contributed by atoms with E-state index >= 15 is 0 Å². The van der Waals surface area contributed by atoms with Crippen LogP contribution in [-0.4, -0.2) is 0 Å². The largest absolute Gasteiger partial charge is 0.454 e. The van der Waals surface area contributed by atoms with Gasteiger partial charge in [-0.25, -0.2) is 0 Å². The molecule has 2 aliphatic carbocycles. The van der Waals surface area contributed by atoms with Gasteiger partial charge in [0.15, 0.2) is 0 Å². The van der Waals surface area contributed by atoms with Gasteiger partial charge in [0.1, 0.15) is 11.5 Å². The lowest BCUT2D eigenvalue weighted by Gasteiger charge is -2.35. The predicted molar refractivity (Wildman–Crippen MR) is 492 cm³/mol. The van der Waals surface area contributed by atoms with E-state index in [1.165, 1.54) is 80.8 Å². The Kier molecular flexibility index (Phi) is 18.8. The number of nitrogens with zero attached hydrogens (tertiary/aromatic N) is 4. The number of hydrogen-bond donors (Lipinski definition) is 0. The molecule has 5 nitrogen and oxygen atoms in total. The fourth-order valence-electron chi connectivity index (χ4n) is 18.1. The van der Waals surface area contributed by atoms with Gasteiger partial charge in [-0.05, 0) is 238 Å². The molecule has 560 valence electrons. The summed E-state index contributed by atoms with van der Waals surface area (Å²) in [6.45, 7) is 0. The molecule has 0 radical (unpaired) electrons. The normalized spacial score (nSPS) is 13.0. The fraction of sp³-hybridized carbons (Fsp3) is 0.0182. The van der Waals surface area contributed by atoms with Crippen molar-refractivity contribution in [1.29, 1.82) is 0 Å². The predicted octanol–water partition coefficient (Wildman–Crippen LogP) is 30.9. The average molecular weight is 1570 g/mol. The summed E-state index contributed by atoms with van der Waals surface area (Å²) in [5.74, 6) is 1.82. The summed E-state index contributed by atoms with van der Waals surface area (Å²) in [5.41, 5.74) is 27.0. The van der Waals surface area contributed by atoms with Gasteiger partial charge in [-0.2, -0.15) is 0 Å². The second-order valence-electron chi connectivity index (χ2n) is 29.7. The van der Waals surface area contributed by atoms with Gasteiger partial charge in [-0.15, -0.1) is 0 Å². The van der Waals surface area contributed by atoms with E-state index in [2.05, 4.69) is 481 Å². The number of hydrogen-bond acceptors (Lipinski definition) is 8. The first-order valence-corrected chi connectivity index (χ1v) is 42.5. The Morgan fingerprint density at radius 1 is 0.178 bits per heavy atom. The number of fused-ring (bicyclic) bond motifs is 12. The van der Waals surface area contributed by atoms with Crippen LogP contribution < -0.4 is 24.3 Å². The summed E-state index contributed by atoms with van der Waals surface area (Å²) in [7, 11) is 0. The van der Waals surface area contributed by atoms with Gasteiger partial charge in [0.2, 0.25) is 0 Å². The van der Waals surface area contributed by atoms with E-state index in [-0.39, 0.29) is 0 Å². The third kappa shape index (κ3) is 12.5. The van der Waals surface area contributed by atoms with Gasteiger partial charge < -0.3 is 24.3 Å². The highest BCUT2D eigenvalue weighted by Gasteiger charge is 2.50. The Morgan fingerprint density at radius 2 is 0.432 bits per heavy atom. The molecule has 0 N–H and O–H groups in total. The monoisotopic (exact) mass is 1560 g/mol. The molecular weight excluding hydrogens is 1490 g/mol. The van der Waals surface area contributed by atoms with Gasteiger partial charge in [0.05, 0.1) is 20.6 Å². The smallest absolute Gasteiger partial charge is 0.149 e. The first-order valence-electron chi connectivity index (χ1n) is 40.0. The van der Waals surface area contributed by atoms with E-state index in [4.69, 9.17) is 4.74 Å². The van der Waals surface area contributed by atoms with E-state index in [1.54, 1.807) is 11.8 Å². The number of rotatable bonds is 16. The molecule has 0 saturated carbocycles. The molecule has 0 bridgehead atoms. The Balaban J connectivity index is 0.000000147. The second kappa shape index (κ2) is 31.0. The summed E-state index contributed by atoms with van der Waals surface area (Å²) in [4.78, 5) is 16.9. The van der Waals surface area contributed by atoms with Crippen LogP contribution in [0.25, 0.3) is 22.3 Å². The standard InChI is InChI=1S/C55H38N2OS.C55H38N2S2/c1-5-17-41(18-6-1)56(42-19-7-2-8-20-42)45-33-29-39(30-34-45)55(40-31-35-46(36-32-40)57(43-21-9-3-10-22-43)44-23-11-4-12-24-44)48-26-14-13-25-47(48)53-49(55)37-38-52-54(53)58-50-27-15-16-28-51(50)59-52;1-5-17-41(18-6-1)56(42-19-7-2-8-20-42)45-33-29-39(30-34-45)55(40-31-35-46(36-32-40)57(43-21-9-3-10-22-43)44-23-11-4-12-24-44)48-26-14-13-25-47(48)53-49(55)37-38-52-54(53)59-51-28-16-15-27-50(51)58-52/h2*1-38H. The minimum Gasteiger partial charge on any atom is -0.454 e. The molecule has 0 fully saturated rings. The van der Waals surface area contributed by atoms with Crippen molar-refractivity contribution in [2.24, 2.45) is 0 Å². The maximum Gasteiger partial charge on any atom is 0.149 e. The third-order valence-corrected chi connectivity index (χ3v) is 26.9. The van der Waals surface area contributed by atoms with E-state index in [0.29, 0.717) is 0 Å². The van der Waals surface area contributed by atoms with Gasteiger partial charge >= 0.3 is 0 Å². The zero-order valence-corrected chi connectivity index (χ0v) is 66.7. The number of anilines is 12. The molecule has 22 rings (SSSR count). The van der Waals surface area contributed by atoms with Crippen LogP contribution in [0.15, 0.2) is 490 Å². The molecule has 4 aliphatic rings. The summed E-state index contributed by atoms with van der Waals surface area (Å²) >= 11 is 5.58. The lowest BCUT2D eigenvalue weighted by atomic mass is 9.67. The van der Waals surface area contributed by atoms with Crippen molar-refractivity contribution in [2.45, 2.75) is 40.2 Å². The molecule has 0 aromatic heterocycles. The van der Waals surface area contributed by atoms with Gasteiger partial charge in [-0.3, -0.25) is 0 Å². The molecule has 2 aliphatic heterocycles. The SMILES string of the molecule is c1ccc(N(c2ccccc2)c2ccc(C3(c4ccc(N(c5ccccc5)c5ccccc5)cc4)c4ccccc4-c4c3ccc3c4Oc4ccccc4S3)cc2)cc1.c1ccc(N(c2ccccc2)c2ccc(C3(c4ccc(N(c5ccccc5)c5ccccc5)cc4)c4ccccc4-c4c3ccc3c4Sc4ccccc4S3)cc2)cc1. The first-order chi connectivity index (χ1) is 58.5.